The monoisotopic (exact) mass is 315 g/mol. The molecule has 0 radical (unpaired) electrons. The van der Waals surface area contributed by atoms with Gasteiger partial charge in [0.15, 0.2) is 0 Å². The molecule has 4 heteroatoms. The van der Waals surface area contributed by atoms with Crippen LogP contribution in [0.1, 0.15) is 11.3 Å². The molecule has 1 aromatic carbocycles. The van der Waals surface area contributed by atoms with Crippen molar-refractivity contribution in [1.29, 1.82) is 0 Å². The molecule has 2 heterocycles. The van der Waals surface area contributed by atoms with Crippen LogP contribution in [-0.4, -0.2) is 44.5 Å². The number of morpholine rings is 1. The topological polar surface area (TPSA) is 23.0 Å². The van der Waals surface area contributed by atoms with Crippen molar-refractivity contribution in [2.75, 3.05) is 39.9 Å². The molecule has 1 atom stereocenters. The van der Waals surface area contributed by atoms with Crippen molar-refractivity contribution in [1.82, 2.24) is 4.57 Å². The quantitative estimate of drug-likeness (QED) is 0.715. The van der Waals surface area contributed by atoms with Crippen molar-refractivity contribution in [3.8, 4) is 0 Å². The smallest absolute Gasteiger partial charge is 0.118 e. The Labute approximate surface area is 139 Å². The lowest BCUT2D eigenvalue weighted by atomic mass is 10.2. The molecule has 4 nitrogen and oxygen atoms in total. The van der Waals surface area contributed by atoms with E-state index in [2.05, 4.69) is 60.3 Å². The van der Waals surface area contributed by atoms with Crippen LogP contribution < -0.4 is 9.80 Å². The van der Waals surface area contributed by atoms with Crippen molar-refractivity contribution in [2.45, 2.75) is 19.6 Å². The van der Waals surface area contributed by atoms with Crippen molar-refractivity contribution in [3.63, 3.8) is 0 Å². The van der Waals surface area contributed by atoms with Gasteiger partial charge < -0.3 is 19.1 Å². The Morgan fingerprint density at radius 3 is 2.61 bits per heavy atom. The third-order valence-electron chi connectivity index (χ3n) is 4.66. The van der Waals surface area contributed by atoms with Crippen LogP contribution in [0.4, 0.5) is 0 Å². The molecular formula is C19H29N3O+2. The second-order valence-corrected chi connectivity index (χ2v) is 6.60. The summed E-state index contributed by atoms with van der Waals surface area (Å²) in [4.78, 5) is 3.19. The number of rotatable bonds is 7. The SMILES string of the molecule is C[NH+](Cc1ccccc1)Cc1cccn1CC[NH+]1CCOCC1. The van der Waals surface area contributed by atoms with Crippen LogP contribution in [0.2, 0.25) is 0 Å². The number of hydrogen-bond acceptors (Lipinski definition) is 1. The molecule has 1 saturated heterocycles. The maximum absolute atomic E-state index is 5.44. The van der Waals surface area contributed by atoms with Gasteiger partial charge in [0, 0.05) is 11.8 Å². The minimum Gasteiger partial charge on any atom is -0.370 e. The molecule has 0 spiro atoms. The average molecular weight is 315 g/mol. The molecule has 0 amide bonds. The summed E-state index contributed by atoms with van der Waals surface area (Å²) < 4.78 is 7.87. The van der Waals surface area contributed by atoms with Gasteiger partial charge in [-0.05, 0) is 12.1 Å². The predicted octanol–water partition coefficient (Wildman–Crippen LogP) is -0.382. The van der Waals surface area contributed by atoms with Gasteiger partial charge in [-0.1, -0.05) is 30.3 Å². The minimum atomic E-state index is 0.915. The zero-order chi connectivity index (χ0) is 15.9. The van der Waals surface area contributed by atoms with Crippen molar-refractivity contribution >= 4 is 0 Å². The first-order valence-electron chi connectivity index (χ1n) is 8.72. The Morgan fingerprint density at radius 1 is 1.04 bits per heavy atom. The second-order valence-electron chi connectivity index (χ2n) is 6.60. The van der Waals surface area contributed by atoms with Gasteiger partial charge >= 0.3 is 0 Å². The van der Waals surface area contributed by atoms with E-state index in [1.54, 1.807) is 4.90 Å². The summed E-state index contributed by atoms with van der Waals surface area (Å²) in [6.07, 6.45) is 2.23. The van der Waals surface area contributed by atoms with Gasteiger partial charge in [0.05, 0.1) is 39.0 Å². The Bertz CT molecular complexity index is 575. The van der Waals surface area contributed by atoms with Crippen molar-refractivity contribution in [3.05, 3.63) is 59.9 Å². The first kappa shape index (κ1) is 16.2. The summed E-state index contributed by atoms with van der Waals surface area (Å²) in [6.45, 7) is 8.57. The Hall–Kier alpha value is -1.62. The lowest BCUT2D eigenvalue weighted by Gasteiger charge is -2.24. The fourth-order valence-electron chi connectivity index (χ4n) is 3.33. The first-order valence-corrected chi connectivity index (χ1v) is 8.72. The highest BCUT2D eigenvalue weighted by atomic mass is 16.5. The molecule has 0 saturated carbocycles. The largest absolute Gasteiger partial charge is 0.370 e. The fraction of sp³-hybridized carbons (Fsp3) is 0.474. The van der Waals surface area contributed by atoms with Crippen LogP contribution in [0.5, 0.6) is 0 Å². The first-order chi connectivity index (χ1) is 11.3. The van der Waals surface area contributed by atoms with Crippen LogP contribution in [0.25, 0.3) is 0 Å². The van der Waals surface area contributed by atoms with E-state index in [1.807, 2.05) is 0 Å². The second kappa shape index (κ2) is 8.29. The highest BCUT2D eigenvalue weighted by molar-refractivity contribution is 5.13. The van der Waals surface area contributed by atoms with E-state index in [0.717, 1.165) is 45.9 Å². The normalized spacial score (nSPS) is 17.3. The summed E-state index contributed by atoms with van der Waals surface area (Å²) in [7, 11) is 2.28. The third kappa shape index (κ3) is 4.93. The van der Waals surface area contributed by atoms with Gasteiger partial charge in [0.1, 0.15) is 26.2 Å². The van der Waals surface area contributed by atoms with E-state index >= 15 is 0 Å². The number of nitrogens with one attached hydrogen (secondary N) is 2. The maximum Gasteiger partial charge on any atom is 0.118 e. The number of benzene rings is 1. The standard InChI is InChI=1S/C19H27N3O/c1-20(16-18-6-3-2-4-7-18)17-19-8-5-9-22(19)11-10-21-12-14-23-15-13-21/h2-9H,10-17H2,1H3/p+2. The van der Waals surface area contributed by atoms with Gasteiger partial charge in [0.2, 0.25) is 0 Å². The van der Waals surface area contributed by atoms with Gasteiger partial charge in [0.25, 0.3) is 0 Å². The van der Waals surface area contributed by atoms with Gasteiger partial charge in [-0.15, -0.1) is 0 Å². The minimum absolute atomic E-state index is 0.915. The van der Waals surface area contributed by atoms with Crippen LogP contribution in [0.3, 0.4) is 0 Å². The van der Waals surface area contributed by atoms with Gasteiger partial charge in [-0.25, -0.2) is 0 Å². The summed E-state index contributed by atoms with van der Waals surface area (Å²) in [5.74, 6) is 0. The molecule has 2 N–H and O–H groups in total. The molecule has 1 aromatic heterocycles. The highest BCUT2D eigenvalue weighted by Gasteiger charge is 2.15. The predicted molar refractivity (Wildman–Crippen MR) is 91.6 cm³/mol. The molecule has 1 fully saturated rings. The molecule has 23 heavy (non-hydrogen) atoms. The molecule has 0 aliphatic carbocycles. The summed E-state index contributed by atoms with van der Waals surface area (Å²) in [6, 6.07) is 15.2. The molecule has 1 aliphatic heterocycles. The Kier molecular flexibility index (Phi) is 5.86. The van der Waals surface area contributed by atoms with E-state index in [-0.39, 0.29) is 0 Å². The third-order valence-corrected chi connectivity index (χ3v) is 4.66. The molecule has 1 aliphatic rings. The Balaban J connectivity index is 1.51. The van der Waals surface area contributed by atoms with E-state index in [4.69, 9.17) is 4.74 Å². The van der Waals surface area contributed by atoms with E-state index in [9.17, 15) is 0 Å². The van der Waals surface area contributed by atoms with Crippen LogP contribution >= 0.6 is 0 Å². The lowest BCUT2D eigenvalue weighted by Crippen LogP contribution is -3.14. The number of hydrogen-bond donors (Lipinski definition) is 2. The van der Waals surface area contributed by atoms with E-state index < -0.39 is 0 Å². The number of aromatic nitrogens is 1. The maximum atomic E-state index is 5.44. The van der Waals surface area contributed by atoms with Gasteiger partial charge in [-0.2, -0.15) is 0 Å². The molecule has 0 bridgehead atoms. The van der Waals surface area contributed by atoms with Crippen molar-refractivity contribution in [2.24, 2.45) is 0 Å². The van der Waals surface area contributed by atoms with E-state index in [0.29, 0.717) is 0 Å². The number of ether oxygens (including phenoxy) is 1. The molecule has 124 valence electrons. The van der Waals surface area contributed by atoms with Gasteiger partial charge in [-0.3, -0.25) is 0 Å². The average Bonchev–Trinajstić information content (AvgIpc) is 3.02. The molecule has 2 aromatic rings. The zero-order valence-corrected chi connectivity index (χ0v) is 14.1. The fourth-order valence-corrected chi connectivity index (χ4v) is 3.33. The number of nitrogens with zero attached hydrogens (tertiary/aromatic N) is 1. The zero-order valence-electron chi connectivity index (χ0n) is 14.1. The molecular weight excluding hydrogens is 286 g/mol. The van der Waals surface area contributed by atoms with E-state index in [1.165, 1.54) is 22.7 Å². The lowest BCUT2D eigenvalue weighted by molar-refractivity contribution is -0.910. The van der Waals surface area contributed by atoms with Crippen LogP contribution in [0.15, 0.2) is 48.7 Å². The van der Waals surface area contributed by atoms with Crippen LogP contribution in [0, 0.1) is 0 Å². The molecule has 1 unspecified atom stereocenters. The van der Waals surface area contributed by atoms with Crippen molar-refractivity contribution < 1.29 is 14.5 Å². The Morgan fingerprint density at radius 2 is 1.83 bits per heavy atom. The van der Waals surface area contributed by atoms with Crippen LogP contribution in [-0.2, 0) is 24.4 Å². The summed E-state index contributed by atoms with van der Waals surface area (Å²) in [5, 5.41) is 0. The summed E-state index contributed by atoms with van der Waals surface area (Å²) in [5.41, 5.74) is 2.84. The highest BCUT2D eigenvalue weighted by Crippen LogP contribution is 2.01. The summed E-state index contributed by atoms with van der Waals surface area (Å²) >= 11 is 0. The molecule has 3 rings (SSSR count). The number of quaternary nitrogens is 2.